The monoisotopic (exact) mass is 285 g/mol. The number of ether oxygens (including phenoxy) is 1. The summed E-state index contributed by atoms with van der Waals surface area (Å²) in [7, 11) is 0. The number of rotatable bonds is 2. The standard InChI is InChI=1S/C15H18F3NO/c1-5-10-7-11(15(16,17)18)6-9(2)12(10)13-19-14(3,4)8-20-13/h6-7H,5,8H2,1-4H3. The van der Waals surface area contributed by atoms with E-state index in [2.05, 4.69) is 4.99 Å². The van der Waals surface area contributed by atoms with Crippen LogP contribution in [0.25, 0.3) is 0 Å². The van der Waals surface area contributed by atoms with Crippen molar-refractivity contribution in [3.63, 3.8) is 0 Å². The van der Waals surface area contributed by atoms with Crippen LogP contribution in [0.4, 0.5) is 13.2 Å². The van der Waals surface area contributed by atoms with Gasteiger partial charge in [-0.15, -0.1) is 0 Å². The first-order valence-corrected chi connectivity index (χ1v) is 6.58. The first-order valence-electron chi connectivity index (χ1n) is 6.58. The topological polar surface area (TPSA) is 21.6 Å². The molecule has 20 heavy (non-hydrogen) atoms. The fourth-order valence-corrected chi connectivity index (χ4v) is 2.32. The van der Waals surface area contributed by atoms with Gasteiger partial charge in [-0.1, -0.05) is 6.92 Å². The second-order valence-corrected chi connectivity index (χ2v) is 5.70. The maximum atomic E-state index is 12.9. The maximum Gasteiger partial charge on any atom is 0.416 e. The van der Waals surface area contributed by atoms with Crippen molar-refractivity contribution in [2.24, 2.45) is 4.99 Å². The molecule has 1 aromatic carbocycles. The molecule has 0 radical (unpaired) electrons. The Morgan fingerprint density at radius 1 is 1.30 bits per heavy atom. The Morgan fingerprint density at radius 2 is 1.95 bits per heavy atom. The van der Waals surface area contributed by atoms with Crippen LogP contribution in [0.15, 0.2) is 17.1 Å². The van der Waals surface area contributed by atoms with E-state index in [9.17, 15) is 13.2 Å². The minimum Gasteiger partial charge on any atom is -0.475 e. The van der Waals surface area contributed by atoms with Crippen molar-refractivity contribution in [3.8, 4) is 0 Å². The van der Waals surface area contributed by atoms with Gasteiger partial charge in [-0.2, -0.15) is 13.2 Å². The van der Waals surface area contributed by atoms with Gasteiger partial charge in [0.2, 0.25) is 5.90 Å². The van der Waals surface area contributed by atoms with Gasteiger partial charge < -0.3 is 4.74 Å². The molecule has 0 amide bonds. The van der Waals surface area contributed by atoms with E-state index < -0.39 is 11.7 Å². The minimum atomic E-state index is -4.33. The highest BCUT2D eigenvalue weighted by molar-refractivity contribution is 5.98. The van der Waals surface area contributed by atoms with Crippen LogP contribution in [0.5, 0.6) is 0 Å². The van der Waals surface area contributed by atoms with Crippen LogP contribution in [0, 0.1) is 6.92 Å². The van der Waals surface area contributed by atoms with E-state index >= 15 is 0 Å². The molecule has 5 heteroatoms. The van der Waals surface area contributed by atoms with Crippen molar-refractivity contribution >= 4 is 5.90 Å². The highest BCUT2D eigenvalue weighted by atomic mass is 19.4. The Kier molecular flexibility index (Phi) is 3.56. The Balaban J connectivity index is 2.55. The predicted molar refractivity (Wildman–Crippen MR) is 72.1 cm³/mol. The zero-order valence-electron chi connectivity index (χ0n) is 12.1. The zero-order chi connectivity index (χ0) is 15.1. The van der Waals surface area contributed by atoms with E-state index in [-0.39, 0.29) is 5.54 Å². The van der Waals surface area contributed by atoms with E-state index in [1.807, 2.05) is 20.8 Å². The second-order valence-electron chi connectivity index (χ2n) is 5.70. The second kappa shape index (κ2) is 4.79. The van der Waals surface area contributed by atoms with Crippen LogP contribution in [-0.4, -0.2) is 18.0 Å². The molecule has 0 unspecified atom stereocenters. The molecule has 0 N–H and O–H groups in total. The molecule has 2 nitrogen and oxygen atoms in total. The summed E-state index contributed by atoms with van der Waals surface area (Å²) in [6.07, 6.45) is -3.83. The van der Waals surface area contributed by atoms with Crippen LogP contribution in [-0.2, 0) is 17.3 Å². The number of halogens is 3. The molecular formula is C15H18F3NO. The average Bonchev–Trinajstić information content (AvgIpc) is 2.66. The van der Waals surface area contributed by atoms with Gasteiger partial charge in [0.1, 0.15) is 6.61 Å². The molecular weight excluding hydrogens is 267 g/mol. The van der Waals surface area contributed by atoms with Crippen LogP contribution in [0.2, 0.25) is 0 Å². The van der Waals surface area contributed by atoms with E-state index in [1.165, 1.54) is 6.07 Å². The van der Waals surface area contributed by atoms with Gasteiger partial charge in [0.25, 0.3) is 0 Å². The predicted octanol–water partition coefficient (Wildman–Crippen LogP) is 4.13. The largest absolute Gasteiger partial charge is 0.475 e. The lowest BCUT2D eigenvalue weighted by molar-refractivity contribution is -0.137. The minimum absolute atomic E-state index is 0.324. The Morgan fingerprint density at radius 3 is 2.40 bits per heavy atom. The maximum absolute atomic E-state index is 12.9. The van der Waals surface area contributed by atoms with Gasteiger partial charge in [-0.05, 0) is 50.5 Å². The van der Waals surface area contributed by atoms with Crippen molar-refractivity contribution in [1.82, 2.24) is 0 Å². The van der Waals surface area contributed by atoms with Crippen LogP contribution in [0.3, 0.4) is 0 Å². The smallest absolute Gasteiger partial charge is 0.416 e. The first-order chi connectivity index (χ1) is 9.14. The van der Waals surface area contributed by atoms with Gasteiger partial charge in [0, 0.05) is 5.56 Å². The molecule has 110 valence electrons. The number of aliphatic imine (C=N–C) groups is 1. The van der Waals surface area contributed by atoms with Crippen molar-refractivity contribution in [1.29, 1.82) is 0 Å². The molecule has 2 rings (SSSR count). The van der Waals surface area contributed by atoms with Crippen LogP contribution in [0.1, 0.15) is 43.0 Å². The molecule has 1 aliphatic heterocycles. The molecule has 0 atom stereocenters. The SMILES string of the molecule is CCc1cc(C(F)(F)F)cc(C)c1C1=NC(C)(C)CO1. The zero-order valence-corrected chi connectivity index (χ0v) is 12.1. The summed E-state index contributed by atoms with van der Waals surface area (Å²) < 4.78 is 44.1. The summed E-state index contributed by atoms with van der Waals surface area (Å²) in [4.78, 5) is 4.47. The summed E-state index contributed by atoms with van der Waals surface area (Å²) in [6.45, 7) is 7.82. The van der Waals surface area contributed by atoms with E-state index in [0.717, 1.165) is 6.07 Å². The fourth-order valence-electron chi connectivity index (χ4n) is 2.32. The lowest BCUT2D eigenvalue weighted by Gasteiger charge is -2.15. The first kappa shape index (κ1) is 14.9. The van der Waals surface area contributed by atoms with E-state index in [0.29, 0.717) is 35.6 Å². The molecule has 0 aromatic heterocycles. The number of benzene rings is 1. The average molecular weight is 285 g/mol. The number of nitrogens with zero attached hydrogens (tertiary/aromatic N) is 1. The molecule has 0 aliphatic carbocycles. The quantitative estimate of drug-likeness (QED) is 0.800. The third-order valence-corrected chi connectivity index (χ3v) is 3.31. The molecule has 1 heterocycles. The Labute approximate surface area is 116 Å². The molecule has 1 aromatic rings. The number of hydrogen-bond acceptors (Lipinski definition) is 2. The lowest BCUT2D eigenvalue weighted by Crippen LogP contribution is -2.17. The number of hydrogen-bond donors (Lipinski definition) is 0. The highest BCUT2D eigenvalue weighted by Gasteiger charge is 2.34. The molecule has 0 saturated carbocycles. The van der Waals surface area contributed by atoms with Crippen LogP contribution < -0.4 is 0 Å². The number of alkyl halides is 3. The third kappa shape index (κ3) is 2.81. The lowest BCUT2D eigenvalue weighted by atomic mass is 9.96. The van der Waals surface area contributed by atoms with E-state index in [4.69, 9.17) is 4.74 Å². The summed E-state index contributed by atoms with van der Waals surface area (Å²) >= 11 is 0. The Hall–Kier alpha value is -1.52. The highest BCUT2D eigenvalue weighted by Crippen LogP contribution is 2.33. The fraction of sp³-hybridized carbons (Fsp3) is 0.533. The molecule has 0 saturated heterocycles. The van der Waals surface area contributed by atoms with Crippen molar-refractivity contribution < 1.29 is 17.9 Å². The van der Waals surface area contributed by atoms with E-state index in [1.54, 1.807) is 6.92 Å². The van der Waals surface area contributed by atoms with Crippen molar-refractivity contribution in [2.45, 2.75) is 45.8 Å². The molecule has 1 aliphatic rings. The molecule has 0 fully saturated rings. The normalized spacial score (nSPS) is 17.9. The van der Waals surface area contributed by atoms with Gasteiger partial charge in [0.05, 0.1) is 11.1 Å². The van der Waals surface area contributed by atoms with Crippen LogP contribution >= 0.6 is 0 Å². The third-order valence-electron chi connectivity index (χ3n) is 3.31. The summed E-state index contributed by atoms with van der Waals surface area (Å²) in [5.74, 6) is 0.457. The van der Waals surface area contributed by atoms with Crippen molar-refractivity contribution in [2.75, 3.05) is 6.61 Å². The Bertz CT molecular complexity index is 559. The van der Waals surface area contributed by atoms with Gasteiger partial charge >= 0.3 is 6.18 Å². The van der Waals surface area contributed by atoms with Gasteiger partial charge in [-0.3, -0.25) is 0 Å². The van der Waals surface area contributed by atoms with Crippen molar-refractivity contribution in [3.05, 3.63) is 34.4 Å². The summed E-state index contributed by atoms with van der Waals surface area (Å²) in [5, 5.41) is 0. The summed E-state index contributed by atoms with van der Waals surface area (Å²) in [6, 6.07) is 2.35. The van der Waals surface area contributed by atoms with Gasteiger partial charge in [0.15, 0.2) is 0 Å². The molecule has 0 spiro atoms. The summed E-state index contributed by atoms with van der Waals surface area (Å²) in [5.41, 5.74) is 0.927. The molecule has 0 bridgehead atoms. The van der Waals surface area contributed by atoms with Gasteiger partial charge in [-0.25, -0.2) is 4.99 Å². The number of aryl methyl sites for hydroxylation is 2.